The average molecular weight is 257 g/mol. The predicted octanol–water partition coefficient (Wildman–Crippen LogP) is 2.73. The van der Waals surface area contributed by atoms with E-state index in [2.05, 4.69) is 0 Å². The zero-order valence-corrected chi connectivity index (χ0v) is 10.1. The second-order valence-corrected chi connectivity index (χ2v) is 4.53. The summed E-state index contributed by atoms with van der Waals surface area (Å²) in [7, 11) is 0. The first-order chi connectivity index (χ1) is 9.15. The van der Waals surface area contributed by atoms with Crippen LogP contribution in [0.4, 0.5) is 10.1 Å². The number of phenols is 1. The quantitative estimate of drug-likeness (QED) is 0.853. The molecule has 1 aliphatic heterocycles. The van der Waals surface area contributed by atoms with E-state index in [1.165, 1.54) is 18.2 Å². The highest BCUT2D eigenvalue weighted by Gasteiger charge is 2.25. The molecule has 0 saturated carbocycles. The molecule has 2 aromatic rings. The third kappa shape index (κ3) is 2.05. The van der Waals surface area contributed by atoms with Crippen LogP contribution in [0.25, 0.3) is 0 Å². The molecule has 0 unspecified atom stereocenters. The molecule has 0 bridgehead atoms. The fourth-order valence-corrected chi connectivity index (χ4v) is 2.37. The lowest BCUT2D eigenvalue weighted by atomic mass is 9.98. The molecule has 1 N–H and O–H groups in total. The van der Waals surface area contributed by atoms with E-state index in [0.717, 1.165) is 5.56 Å². The number of aromatic hydroxyl groups is 1. The van der Waals surface area contributed by atoms with E-state index in [0.29, 0.717) is 24.2 Å². The van der Waals surface area contributed by atoms with Crippen LogP contribution in [0, 0.1) is 5.82 Å². The summed E-state index contributed by atoms with van der Waals surface area (Å²) in [6.07, 6.45) is 0.645. The highest BCUT2D eigenvalue weighted by atomic mass is 19.1. The van der Waals surface area contributed by atoms with Crippen LogP contribution in [0.5, 0.6) is 5.75 Å². The van der Waals surface area contributed by atoms with Crippen LogP contribution >= 0.6 is 0 Å². The highest BCUT2D eigenvalue weighted by Crippen LogP contribution is 2.27. The van der Waals surface area contributed by atoms with Crippen molar-refractivity contribution in [2.45, 2.75) is 6.42 Å². The second-order valence-electron chi connectivity index (χ2n) is 4.53. The maximum absolute atomic E-state index is 13.2. The van der Waals surface area contributed by atoms with Gasteiger partial charge in [0.15, 0.2) is 0 Å². The van der Waals surface area contributed by atoms with Gasteiger partial charge < -0.3 is 10.0 Å². The summed E-state index contributed by atoms with van der Waals surface area (Å²) < 4.78 is 13.2. The van der Waals surface area contributed by atoms with Crippen molar-refractivity contribution in [1.82, 2.24) is 0 Å². The normalized spacial score (nSPS) is 14.4. The van der Waals surface area contributed by atoms with E-state index in [-0.39, 0.29) is 17.5 Å². The Morgan fingerprint density at radius 3 is 2.79 bits per heavy atom. The Morgan fingerprint density at radius 2 is 2.00 bits per heavy atom. The van der Waals surface area contributed by atoms with Crippen LogP contribution in [-0.2, 0) is 6.42 Å². The van der Waals surface area contributed by atoms with Gasteiger partial charge in [-0.2, -0.15) is 0 Å². The molecule has 4 heteroatoms. The van der Waals surface area contributed by atoms with Crippen LogP contribution in [0.3, 0.4) is 0 Å². The average Bonchev–Trinajstić information content (AvgIpc) is 2.39. The minimum Gasteiger partial charge on any atom is -0.508 e. The third-order valence-electron chi connectivity index (χ3n) is 3.29. The number of carbonyl (C=O) groups excluding carboxylic acids is 1. The molecule has 3 rings (SSSR count). The minimum absolute atomic E-state index is 0.158. The first kappa shape index (κ1) is 11.7. The lowest BCUT2D eigenvalue weighted by Crippen LogP contribution is -2.37. The molecule has 1 amide bonds. The summed E-state index contributed by atoms with van der Waals surface area (Å²) in [5, 5.41) is 9.42. The van der Waals surface area contributed by atoms with E-state index in [4.69, 9.17) is 0 Å². The second kappa shape index (κ2) is 4.39. The lowest BCUT2D eigenvalue weighted by Gasteiger charge is -2.28. The van der Waals surface area contributed by atoms with Crippen LogP contribution in [-0.4, -0.2) is 17.6 Å². The van der Waals surface area contributed by atoms with Gasteiger partial charge in [-0.1, -0.05) is 6.07 Å². The number of amides is 1. The largest absolute Gasteiger partial charge is 0.508 e. The number of fused-ring (bicyclic) bond motifs is 1. The van der Waals surface area contributed by atoms with Gasteiger partial charge in [0.25, 0.3) is 5.91 Å². The van der Waals surface area contributed by atoms with Crippen molar-refractivity contribution in [2.24, 2.45) is 0 Å². The molecule has 1 heterocycles. The van der Waals surface area contributed by atoms with Crippen molar-refractivity contribution in [2.75, 3.05) is 11.4 Å². The maximum Gasteiger partial charge on any atom is 0.258 e. The Kier molecular flexibility index (Phi) is 2.71. The van der Waals surface area contributed by atoms with Gasteiger partial charge in [-0.3, -0.25) is 4.79 Å². The Labute approximate surface area is 109 Å². The zero-order valence-electron chi connectivity index (χ0n) is 10.1. The monoisotopic (exact) mass is 257 g/mol. The van der Waals surface area contributed by atoms with Crippen molar-refractivity contribution >= 4 is 11.6 Å². The van der Waals surface area contributed by atoms with Gasteiger partial charge in [-0.25, -0.2) is 4.39 Å². The van der Waals surface area contributed by atoms with Gasteiger partial charge in [-0.15, -0.1) is 0 Å². The van der Waals surface area contributed by atoms with Gasteiger partial charge in [0.1, 0.15) is 11.6 Å². The first-order valence-electron chi connectivity index (χ1n) is 6.04. The van der Waals surface area contributed by atoms with E-state index in [1.54, 1.807) is 29.2 Å². The molecule has 0 spiro atoms. The molecule has 1 aliphatic rings. The van der Waals surface area contributed by atoms with Gasteiger partial charge in [0.05, 0.1) is 0 Å². The molecule has 2 aromatic carbocycles. The number of hydrogen-bond acceptors (Lipinski definition) is 2. The zero-order chi connectivity index (χ0) is 13.4. The van der Waals surface area contributed by atoms with Crippen LogP contribution in [0.15, 0.2) is 42.5 Å². The molecule has 0 fully saturated rings. The van der Waals surface area contributed by atoms with Crippen molar-refractivity contribution in [3.8, 4) is 5.75 Å². The molecule has 19 heavy (non-hydrogen) atoms. The number of nitrogens with zero attached hydrogens (tertiary/aromatic N) is 1. The molecule has 0 radical (unpaired) electrons. The number of anilines is 1. The molecule has 0 atom stereocenters. The number of halogens is 1. The Hall–Kier alpha value is -2.36. The summed E-state index contributed by atoms with van der Waals surface area (Å²) >= 11 is 0. The summed E-state index contributed by atoms with van der Waals surface area (Å²) in [6, 6.07) is 10.7. The van der Waals surface area contributed by atoms with Crippen molar-refractivity contribution in [3.63, 3.8) is 0 Å². The molecule has 0 aromatic heterocycles. The smallest absolute Gasteiger partial charge is 0.258 e. The standard InChI is InChI=1S/C15H12FNO2/c16-11-2-1-3-12(9-11)17-7-6-10-8-13(18)4-5-14(10)15(17)19/h1-5,8-9,18H,6-7H2. The molecule has 0 aliphatic carbocycles. The van der Waals surface area contributed by atoms with Crippen LogP contribution in [0.1, 0.15) is 15.9 Å². The van der Waals surface area contributed by atoms with Gasteiger partial charge in [0.2, 0.25) is 0 Å². The van der Waals surface area contributed by atoms with Gasteiger partial charge in [0, 0.05) is 17.8 Å². The minimum atomic E-state index is -0.359. The number of phenolic OH excluding ortho intramolecular Hbond substituents is 1. The van der Waals surface area contributed by atoms with E-state index in [1.807, 2.05) is 0 Å². The number of hydrogen-bond donors (Lipinski definition) is 1. The summed E-state index contributed by atoms with van der Waals surface area (Å²) in [6.45, 7) is 0.485. The molecule has 3 nitrogen and oxygen atoms in total. The number of rotatable bonds is 1. The Morgan fingerprint density at radius 1 is 1.16 bits per heavy atom. The topological polar surface area (TPSA) is 40.5 Å². The van der Waals surface area contributed by atoms with Crippen molar-refractivity contribution < 1.29 is 14.3 Å². The summed E-state index contributed by atoms with van der Waals surface area (Å²) in [5.41, 5.74) is 1.95. The number of benzene rings is 2. The lowest BCUT2D eigenvalue weighted by molar-refractivity contribution is 0.0980. The van der Waals surface area contributed by atoms with E-state index in [9.17, 15) is 14.3 Å². The van der Waals surface area contributed by atoms with Gasteiger partial charge in [-0.05, 0) is 48.4 Å². The van der Waals surface area contributed by atoms with Crippen molar-refractivity contribution in [1.29, 1.82) is 0 Å². The Bertz CT molecular complexity index is 654. The fraction of sp³-hybridized carbons (Fsp3) is 0.133. The van der Waals surface area contributed by atoms with E-state index >= 15 is 0 Å². The molecular formula is C15H12FNO2. The maximum atomic E-state index is 13.2. The molecule has 0 saturated heterocycles. The summed E-state index contributed by atoms with van der Waals surface area (Å²) in [5.74, 6) is -0.362. The van der Waals surface area contributed by atoms with Gasteiger partial charge >= 0.3 is 0 Å². The SMILES string of the molecule is O=C1c2ccc(O)cc2CCN1c1cccc(F)c1. The van der Waals surface area contributed by atoms with Crippen LogP contribution < -0.4 is 4.90 Å². The summed E-state index contributed by atoms with van der Waals surface area (Å²) in [4.78, 5) is 13.9. The van der Waals surface area contributed by atoms with Crippen LogP contribution in [0.2, 0.25) is 0 Å². The molecular weight excluding hydrogens is 245 g/mol. The fourth-order valence-electron chi connectivity index (χ4n) is 2.37. The van der Waals surface area contributed by atoms with Crippen molar-refractivity contribution in [3.05, 3.63) is 59.4 Å². The predicted molar refractivity (Wildman–Crippen MR) is 69.9 cm³/mol. The number of carbonyl (C=O) groups is 1. The van der Waals surface area contributed by atoms with E-state index < -0.39 is 0 Å². The first-order valence-corrected chi connectivity index (χ1v) is 6.04. The highest BCUT2D eigenvalue weighted by molar-refractivity contribution is 6.08. The Balaban J connectivity index is 2.00. The third-order valence-corrected chi connectivity index (χ3v) is 3.29. The molecule has 96 valence electrons.